The summed E-state index contributed by atoms with van der Waals surface area (Å²) in [7, 11) is 1.62. The lowest BCUT2D eigenvalue weighted by molar-refractivity contribution is 0.0333. The van der Waals surface area contributed by atoms with Crippen LogP contribution < -0.4 is 0 Å². The number of nitrogens with zero attached hydrogens (tertiary/aromatic N) is 2. The van der Waals surface area contributed by atoms with Crippen molar-refractivity contribution < 1.29 is 9.84 Å². The Morgan fingerprint density at radius 1 is 0.964 bits per heavy atom. The van der Waals surface area contributed by atoms with Crippen molar-refractivity contribution in [3.05, 3.63) is 95.3 Å². The van der Waals surface area contributed by atoms with Gasteiger partial charge in [-0.3, -0.25) is 4.90 Å². The van der Waals surface area contributed by atoms with Crippen molar-refractivity contribution >= 4 is 0 Å². The van der Waals surface area contributed by atoms with Gasteiger partial charge in [0.1, 0.15) is 0 Å². The monoisotopic (exact) mass is 378 g/mol. The minimum absolute atomic E-state index is 0.343. The molecule has 4 nitrogen and oxygen atoms in total. The van der Waals surface area contributed by atoms with Crippen LogP contribution in [-0.4, -0.2) is 40.9 Å². The van der Waals surface area contributed by atoms with E-state index in [-0.39, 0.29) is 0 Å². The Kier molecular flexibility index (Phi) is 7.43. The number of aromatic nitrogens is 1. The molecule has 4 heteroatoms. The number of benzene rings is 2. The molecule has 3 rings (SSSR count). The number of hydrogen-bond acceptors (Lipinski definition) is 3. The van der Waals surface area contributed by atoms with Crippen LogP contribution in [0.2, 0.25) is 0 Å². The van der Waals surface area contributed by atoms with Crippen molar-refractivity contribution in [1.82, 2.24) is 9.47 Å². The fourth-order valence-electron chi connectivity index (χ4n) is 3.52. The fourth-order valence-corrected chi connectivity index (χ4v) is 3.52. The Bertz CT molecular complexity index is 845. The maximum Gasteiger partial charge on any atom is 0.0900 e. The third-order valence-electron chi connectivity index (χ3n) is 4.99. The molecule has 0 unspecified atom stereocenters. The summed E-state index contributed by atoms with van der Waals surface area (Å²) >= 11 is 0. The van der Waals surface area contributed by atoms with E-state index in [1.54, 1.807) is 7.11 Å². The standard InChI is InChI=1S/C24H30N2O2/c1-20-9-6-7-12-22(20)16-26-14-8-13-23(26)17-25(18-24(27)19-28-2)15-21-10-4-3-5-11-21/h3-14,24,27H,15-19H2,1-2H3/t24-/m0/s1. The van der Waals surface area contributed by atoms with Gasteiger partial charge in [0, 0.05) is 45.2 Å². The zero-order chi connectivity index (χ0) is 19.8. The van der Waals surface area contributed by atoms with E-state index in [1.165, 1.54) is 22.4 Å². The van der Waals surface area contributed by atoms with E-state index in [0.29, 0.717) is 13.2 Å². The molecule has 0 amide bonds. The van der Waals surface area contributed by atoms with Gasteiger partial charge in [0.05, 0.1) is 12.7 Å². The van der Waals surface area contributed by atoms with Gasteiger partial charge < -0.3 is 14.4 Å². The van der Waals surface area contributed by atoms with Crippen LogP contribution in [0.25, 0.3) is 0 Å². The maximum absolute atomic E-state index is 10.3. The second-order valence-corrected chi connectivity index (χ2v) is 7.32. The zero-order valence-corrected chi connectivity index (χ0v) is 16.8. The maximum atomic E-state index is 10.3. The molecular weight excluding hydrogens is 348 g/mol. The second kappa shape index (κ2) is 10.2. The lowest BCUT2D eigenvalue weighted by Gasteiger charge is -2.26. The summed E-state index contributed by atoms with van der Waals surface area (Å²) < 4.78 is 7.42. The molecule has 0 aliphatic heterocycles. The van der Waals surface area contributed by atoms with Crippen molar-refractivity contribution in [1.29, 1.82) is 0 Å². The molecule has 0 radical (unpaired) electrons. The number of aryl methyl sites for hydroxylation is 1. The van der Waals surface area contributed by atoms with Crippen LogP contribution in [0, 0.1) is 6.92 Å². The average molecular weight is 379 g/mol. The number of aliphatic hydroxyl groups excluding tert-OH is 1. The van der Waals surface area contributed by atoms with Crippen molar-refractivity contribution in [2.24, 2.45) is 0 Å². The molecule has 2 aromatic carbocycles. The molecule has 1 aromatic heterocycles. The van der Waals surface area contributed by atoms with Crippen LogP contribution >= 0.6 is 0 Å². The van der Waals surface area contributed by atoms with E-state index >= 15 is 0 Å². The van der Waals surface area contributed by atoms with E-state index in [1.807, 2.05) is 6.07 Å². The van der Waals surface area contributed by atoms with Crippen molar-refractivity contribution in [2.45, 2.75) is 32.7 Å². The third-order valence-corrected chi connectivity index (χ3v) is 4.99. The van der Waals surface area contributed by atoms with Gasteiger partial charge in [-0.25, -0.2) is 0 Å². The summed E-state index contributed by atoms with van der Waals surface area (Å²) in [6.07, 6.45) is 1.63. The summed E-state index contributed by atoms with van der Waals surface area (Å²) in [5.41, 5.74) is 5.11. The Hall–Kier alpha value is -2.40. The van der Waals surface area contributed by atoms with E-state index < -0.39 is 6.10 Å². The third kappa shape index (κ3) is 5.80. The van der Waals surface area contributed by atoms with Crippen LogP contribution in [0.4, 0.5) is 0 Å². The normalized spacial score (nSPS) is 12.4. The number of rotatable bonds is 10. The fraction of sp³-hybridized carbons (Fsp3) is 0.333. The van der Waals surface area contributed by atoms with Crippen molar-refractivity contribution in [2.75, 3.05) is 20.3 Å². The van der Waals surface area contributed by atoms with Crippen LogP contribution in [0.5, 0.6) is 0 Å². The topological polar surface area (TPSA) is 37.6 Å². The Balaban J connectivity index is 1.75. The second-order valence-electron chi connectivity index (χ2n) is 7.32. The van der Waals surface area contributed by atoms with E-state index in [0.717, 1.165) is 19.6 Å². The van der Waals surface area contributed by atoms with Crippen LogP contribution in [-0.2, 0) is 24.4 Å². The highest BCUT2D eigenvalue weighted by Gasteiger charge is 2.15. The minimum atomic E-state index is -0.506. The summed E-state index contributed by atoms with van der Waals surface area (Å²) in [6, 6.07) is 23.2. The molecule has 1 atom stereocenters. The first-order chi connectivity index (χ1) is 13.7. The summed E-state index contributed by atoms with van der Waals surface area (Å²) in [6.45, 7) is 5.48. The number of aliphatic hydroxyl groups is 1. The molecule has 0 aliphatic rings. The largest absolute Gasteiger partial charge is 0.389 e. The molecular formula is C24H30N2O2. The van der Waals surface area contributed by atoms with Gasteiger partial charge in [0.25, 0.3) is 0 Å². The predicted molar refractivity (Wildman–Crippen MR) is 113 cm³/mol. The lowest BCUT2D eigenvalue weighted by Crippen LogP contribution is -2.34. The van der Waals surface area contributed by atoms with Gasteiger partial charge in [0.2, 0.25) is 0 Å². The molecule has 0 saturated heterocycles. The predicted octanol–water partition coefficient (Wildman–Crippen LogP) is 3.85. The van der Waals surface area contributed by atoms with E-state index in [2.05, 4.69) is 83.3 Å². The number of methoxy groups -OCH3 is 1. The smallest absolute Gasteiger partial charge is 0.0900 e. The molecule has 1 heterocycles. The summed E-state index contributed by atoms with van der Waals surface area (Å²) in [5.74, 6) is 0. The first-order valence-electron chi connectivity index (χ1n) is 9.77. The molecule has 3 aromatic rings. The molecule has 0 aliphatic carbocycles. The Morgan fingerprint density at radius 2 is 1.71 bits per heavy atom. The molecule has 0 fully saturated rings. The molecule has 0 spiro atoms. The average Bonchev–Trinajstić information content (AvgIpc) is 3.11. The van der Waals surface area contributed by atoms with Gasteiger partial charge in [-0.2, -0.15) is 0 Å². The number of hydrogen-bond donors (Lipinski definition) is 1. The molecule has 148 valence electrons. The summed E-state index contributed by atoms with van der Waals surface area (Å²) in [4.78, 5) is 2.28. The first-order valence-corrected chi connectivity index (χ1v) is 9.77. The SMILES string of the molecule is COC[C@@H](O)CN(Cc1ccccc1)Cc1cccn1Cc1ccccc1C. The lowest BCUT2D eigenvalue weighted by atomic mass is 10.1. The molecule has 0 bridgehead atoms. The van der Waals surface area contributed by atoms with Gasteiger partial charge >= 0.3 is 0 Å². The highest BCUT2D eigenvalue weighted by molar-refractivity contribution is 5.26. The Morgan fingerprint density at radius 3 is 2.46 bits per heavy atom. The van der Waals surface area contributed by atoms with Crippen LogP contribution in [0.1, 0.15) is 22.4 Å². The van der Waals surface area contributed by atoms with Crippen LogP contribution in [0.3, 0.4) is 0 Å². The molecule has 0 saturated carbocycles. The zero-order valence-electron chi connectivity index (χ0n) is 16.8. The van der Waals surface area contributed by atoms with Crippen molar-refractivity contribution in [3.8, 4) is 0 Å². The molecule has 1 N–H and O–H groups in total. The molecule has 28 heavy (non-hydrogen) atoms. The van der Waals surface area contributed by atoms with Gasteiger partial charge in [-0.05, 0) is 35.7 Å². The Labute approximate surface area is 168 Å². The van der Waals surface area contributed by atoms with Gasteiger partial charge in [0.15, 0.2) is 0 Å². The van der Waals surface area contributed by atoms with E-state index in [4.69, 9.17) is 4.74 Å². The van der Waals surface area contributed by atoms with E-state index in [9.17, 15) is 5.11 Å². The highest BCUT2D eigenvalue weighted by Crippen LogP contribution is 2.15. The van der Waals surface area contributed by atoms with Crippen molar-refractivity contribution in [3.63, 3.8) is 0 Å². The minimum Gasteiger partial charge on any atom is -0.389 e. The quantitative estimate of drug-likeness (QED) is 0.582. The summed E-state index contributed by atoms with van der Waals surface area (Å²) in [5, 5.41) is 10.3. The van der Waals surface area contributed by atoms with Crippen LogP contribution in [0.15, 0.2) is 72.9 Å². The number of ether oxygens (including phenoxy) is 1. The first kappa shape index (κ1) is 20.3. The van der Waals surface area contributed by atoms with Gasteiger partial charge in [-0.1, -0.05) is 54.6 Å². The highest BCUT2D eigenvalue weighted by atomic mass is 16.5. The van der Waals surface area contributed by atoms with Gasteiger partial charge in [-0.15, -0.1) is 0 Å².